The second-order valence-corrected chi connectivity index (χ2v) is 7.66. The maximum atomic E-state index is 13.2. The highest BCUT2D eigenvalue weighted by atomic mass is 32.1. The minimum atomic E-state index is -0.125. The number of para-hydroxylation sites is 1. The monoisotopic (exact) mass is 380 g/mol. The fourth-order valence-corrected chi connectivity index (χ4v) is 4.19. The van der Waals surface area contributed by atoms with Gasteiger partial charge in [-0.05, 0) is 44.0 Å². The third kappa shape index (κ3) is 3.77. The van der Waals surface area contributed by atoms with Gasteiger partial charge >= 0.3 is 0 Å². The molecule has 1 amide bonds. The molecule has 1 aromatic heterocycles. The maximum Gasteiger partial charge on any atom is 0.260 e. The number of anilines is 1. The molecule has 0 saturated carbocycles. The van der Waals surface area contributed by atoms with Gasteiger partial charge in [-0.3, -0.25) is 14.5 Å². The lowest BCUT2D eigenvalue weighted by atomic mass is 10.1. The number of rotatable bonds is 5. The number of amides is 1. The van der Waals surface area contributed by atoms with E-state index in [1.165, 1.54) is 18.3 Å². The van der Waals surface area contributed by atoms with Crippen molar-refractivity contribution < 1.29 is 14.3 Å². The van der Waals surface area contributed by atoms with Crippen LogP contribution >= 0.6 is 11.3 Å². The van der Waals surface area contributed by atoms with Gasteiger partial charge in [0.2, 0.25) is 0 Å². The first-order chi connectivity index (χ1) is 13.1. The molecule has 5 nitrogen and oxygen atoms in total. The number of Topliss-reactive ketones (excluding diaryl/α,β-unsaturated/α-hetero) is 1. The molecule has 0 bridgehead atoms. The van der Waals surface area contributed by atoms with E-state index in [1.807, 2.05) is 24.3 Å². The van der Waals surface area contributed by atoms with Crippen molar-refractivity contribution in [3.05, 3.63) is 59.7 Å². The number of carbonyl (C=O) groups excluding carboxylic acids is 2. The van der Waals surface area contributed by atoms with Crippen molar-refractivity contribution in [2.24, 2.45) is 0 Å². The molecule has 1 atom stereocenters. The zero-order valence-electron chi connectivity index (χ0n) is 15.1. The number of fused-ring (bicyclic) bond motifs is 1. The molecule has 1 aliphatic rings. The Bertz CT molecular complexity index is 942. The van der Waals surface area contributed by atoms with Crippen molar-refractivity contribution in [2.45, 2.75) is 25.9 Å². The van der Waals surface area contributed by atoms with Crippen LogP contribution in [-0.2, 0) is 4.74 Å². The normalized spacial score (nSPS) is 16.6. The molecule has 0 spiro atoms. The van der Waals surface area contributed by atoms with E-state index in [2.05, 4.69) is 4.98 Å². The second kappa shape index (κ2) is 7.58. The molecule has 0 aliphatic carbocycles. The molecular weight excluding hydrogens is 360 g/mol. The number of ketones is 1. The quantitative estimate of drug-likeness (QED) is 0.619. The molecule has 6 heteroatoms. The summed E-state index contributed by atoms with van der Waals surface area (Å²) in [6.45, 7) is 2.73. The molecular formula is C21H20N2O3S. The molecule has 2 heterocycles. The zero-order chi connectivity index (χ0) is 18.8. The Hall–Kier alpha value is -2.57. The minimum absolute atomic E-state index is 0.0172. The Balaban J connectivity index is 1.67. The maximum absolute atomic E-state index is 13.2. The van der Waals surface area contributed by atoms with E-state index < -0.39 is 0 Å². The third-order valence-corrected chi connectivity index (χ3v) is 5.77. The van der Waals surface area contributed by atoms with Crippen LogP contribution in [0, 0.1) is 0 Å². The summed E-state index contributed by atoms with van der Waals surface area (Å²) in [6.07, 6.45) is 1.98. The van der Waals surface area contributed by atoms with Crippen LogP contribution in [0.1, 0.15) is 40.5 Å². The summed E-state index contributed by atoms with van der Waals surface area (Å²) in [4.78, 5) is 31.1. The number of benzene rings is 2. The first kappa shape index (κ1) is 17.8. The SMILES string of the molecule is CC(=O)c1ccc(C(=O)N(CC2CCCO2)c2nc3ccccc3s2)cc1. The fraction of sp³-hybridized carbons (Fsp3) is 0.286. The summed E-state index contributed by atoms with van der Waals surface area (Å²) in [5, 5.41) is 0.673. The minimum Gasteiger partial charge on any atom is -0.376 e. The van der Waals surface area contributed by atoms with Gasteiger partial charge in [-0.2, -0.15) is 0 Å². The Kier molecular flexibility index (Phi) is 5.01. The standard InChI is InChI=1S/C21H20N2O3S/c1-14(24)15-8-10-16(11-9-15)20(25)23(13-17-5-4-12-26-17)21-22-18-6-2-3-7-19(18)27-21/h2-3,6-11,17H,4-5,12-13H2,1H3. The summed E-state index contributed by atoms with van der Waals surface area (Å²) in [5.41, 5.74) is 2.02. The van der Waals surface area contributed by atoms with E-state index in [0.29, 0.717) is 22.8 Å². The predicted molar refractivity (Wildman–Crippen MR) is 107 cm³/mol. The molecule has 1 saturated heterocycles. The number of nitrogens with zero attached hydrogens (tertiary/aromatic N) is 2. The van der Waals surface area contributed by atoms with Gasteiger partial charge in [0, 0.05) is 17.7 Å². The van der Waals surface area contributed by atoms with Crippen molar-refractivity contribution in [3.63, 3.8) is 0 Å². The molecule has 4 rings (SSSR count). The first-order valence-corrected chi connectivity index (χ1v) is 9.83. The van der Waals surface area contributed by atoms with Gasteiger partial charge in [-0.1, -0.05) is 35.6 Å². The van der Waals surface area contributed by atoms with Gasteiger partial charge in [0.15, 0.2) is 10.9 Å². The molecule has 0 N–H and O–H groups in total. The summed E-state index contributed by atoms with van der Waals surface area (Å²) in [6, 6.07) is 14.7. The highest BCUT2D eigenvalue weighted by molar-refractivity contribution is 7.22. The number of hydrogen-bond donors (Lipinski definition) is 0. The lowest BCUT2D eigenvalue weighted by molar-refractivity contribution is 0.0916. The molecule has 1 unspecified atom stereocenters. The van der Waals surface area contributed by atoms with E-state index in [9.17, 15) is 9.59 Å². The average molecular weight is 380 g/mol. The van der Waals surface area contributed by atoms with Crippen molar-refractivity contribution in [1.29, 1.82) is 0 Å². The third-order valence-electron chi connectivity index (χ3n) is 4.71. The van der Waals surface area contributed by atoms with Gasteiger partial charge < -0.3 is 4.74 Å². The molecule has 2 aromatic carbocycles. The van der Waals surface area contributed by atoms with E-state index in [1.54, 1.807) is 29.2 Å². The number of ether oxygens (including phenoxy) is 1. The van der Waals surface area contributed by atoms with Crippen LogP contribution in [0.25, 0.3) is 10.2 Å². The number of thiazole rings is 1. The van der Waals surface area contributed by atoms with Gasteiger partial charge in [0.05, 0.1) is 22.9 Å². The van der Waals surface area contributed by atoms with Gasteiger partial charge in [0.25, 0.3) is 5.91 Å². The number of aromatic nitrogens is 1. The topological polar surface area (TPSA) is 59.5 Å². The molecule has 0 radical (unpaired) electrons. The average Bonchev–Trinajstić information content (AvgIpc) is 3.34. The lowest BCUT2D eigenvalue weighted by Gasteiger charge is -2.23. The van der Waals surface area contributed by atoms with Crippen LogP contribution in [0.5, 0.6) is 0 Å². The summed E-state index contributed by atoms with van der Waals surface area (Å²) in [7, 11) is 0. The van der Waals surface area contributed by atoms with E-state index >= 15 is 0 Å². The lowest BCUT2D eigenvalue weighted by Crippen LogP contribution is -2.37. The smallest absolute Gasteiger partial charge is 0.260 e. The van der Waals surface area contributed by atoms with E-state index in [-0.39, 0.29) is 17.8 Å². The Morgan fingerprint density at radius 1 is 1.15 bits per heavy atom. The zero-order valence-corrected chi connectivity index (χ0v) is 15.9. The van der Waals surface area contributed by atoms with E-state index in [0.717, 1.165) is 29.7 Å². The van der Waals surface area contributed by atoms with Crippen LogP contribution in [0.2, 0.25) is 0 Å². The Labute approximate surface area is 161 Å². The van der Waals surface area contributed by atoms with Crippen LogP contribution in [0.3, 0.4) is 0 Å². The van der Waals surface area contributed by atoms with Crippen LogP contribution in [-0.4, -0.2) is 35.9 Å². The van der Waals surface area contributed by atoms with Gasteiger partial charge in [0.1, 0.15) is 0 Å². The molecule has 27 heavy (non-hydrogen) atoms. The highest BCUT2D eigenvalue weighted by Crippen LogP contribution is 2.30. The number of carbonyl (C=O) groups is 2. The summed E-state index contributed by atoms with van der Waals surface area (Å²) >= 11 is 1.50. The van der Waals surface area contributed by atoms with Crippen molar-refractivity contribution in [3.8, 4) is 0 Å². The first-order valence-electron chi connectivity index (χ1n) is 9.02. The molecule has 1 fully saturated rings. The van der Waals surface area contributed by atoms with Crippen LogP contribution < -0.4 is 4.90 Å². The highest BCUT2D eigenvalue weighted by Gasteiger charge is 2.27. The molecule has 3 aromatic rings. The van der Waals surface area contributed by atoms with Gasteiger partial charge in [-0.25, -0.2) is 4.98 Å². The fourth-order valence-electron chi connectivity index (χ4n) is 3.22. The largest absolute Gasteiger partial charge is 0.376 e. The predicted octanol–water partition coefficient (Wildman–Crippen LogP) is 4.32. The Morgan fingerprint density at radius 3 is 2.56 bits per heavy atom. The number of hydrogen-bond acceptors (Lipinski definition) is 5. The summed E-state index contributed by atoms with van der Waals surface area (Å²) in [5.74, 6) is -0.143. The van der Waals surface area contributed by atoms with E-state index in [4.69, 9.17) is 4.74 Å². The van der Waals surface area contributed by atoms with Gasteiger partial charge in [-0.15, -0.1) is 0 Å². The van der Waals surface area contributed by atoms with Crippen molar-refractivity contribution in [1.82, 2.24) is 4.98 Å². The summed E-state index contributed by atoms with van der Waals surface area (Å²) < 4.78 is 6.80. The molecule has 138 valence electrons. The molecule has 1 aliphatic heterocycles. The Morgan fingerprint density at radius 2 is 1.89 bits per heavy atom. The van der Waals surface area contributed by atoms with Crippen LogP contribution in [0.15, 0.2) is 48.5 Å². The van der Waals surface area contributed by atoms with Crippen LogP contribution in [0.4, 0.5) is 5.13 Å². The second-order valence-electron chi connectivity index (χ2n) is 6.65. The van der Waals surface area contributed by atoms with Crippen molar-refractivity contribution in [2.75, 3.05) is 18.1 Å². The van der Waals surface area contributed by atoms with Crippen molar-refractivity contribution >= 4 is 38.4 Å².